The maximum atomic E-state index is 13.3. The number of rotatable bonds is 12. The molecule has 3 aromatic heterocycles. The summed E-state index contributed by atoms with van der Waals surface area (Å²) < 4.78 is 7.56. The van der Waals surface area contributed by atoms with Crippen LogP contribution in [0.2, 0.25) is 5.02 Å². The van der Waals surface area contributed by atoms with Crippen molar-refractivity contribution in [1.29, 1.82) is 0 Å². The van der Waals surface area contributed by atoms with E-state index in [0.717, 1.165) is 51.8 Å². The third-order valence-electron chi connectivity index (χ3n) is 9.93. The number of carbonyl (C=O) groups excluding carboxylic acids is 2. The lowest BCUT2D eigenvalue weighted by Crippen LogP contribution is -2.40. The van der Waals surface area contributed by atoms with Gasteiger partial charge >= 0.3 is 0 Å². The maximum absolute atomic E-state index is 13.3. The number of nitrogens with zero attached hydrogens (tertiary/aromatic N) is 4. The molecule has 2 fully saturated rings. The SMILES string of the molecule is CCOc1nc(-c2cccc(-c3cccc(-c4ccn5c(=O)c(CNC[C@@H]6CCC(=O)N6)cnc5c4)c3C)c2Cl)ccc1CN(C)[C@H]1CCC(=O)N1. The van der Waals surface area contributed by atoms with Crippen molar-refractivity contribution in [2.75, 3.05) is 20.2 Å². The standard InChI is InChI=1S/C40H42ClN7O4/c1-4-52-39-26(23-47(3)34-14-16-37(50)46-34)11-13-33(45-39)32-10-6-9-31(38(32)41)30-8-5-7-29(24(30)2)25-17-18-48-35(19-25)43-21-27(40(48)51)20-42-22-28-12-15-36(49)44-28/h5-11,13,17-19,21,28,34,42H,4,12,14-16,20,22-23H2,1-3H3,(H,44,49)(H,46,50)/t28-,34-/m0/s1. The predicted molar refractivity (Wildman–Crippen MR) is 202 cm³/mol. The van der Waals surface area contributed by atoms with Crippen molar-refractivity contribution in [2.45, 2.75) is 64.8 Å². The minimum atomic E-state index is -0.128. The van der Waals surface area contributed by atoms with Crippen LogP contribution in [-0.2, 0) is 22.7 Å². The largest absolute Gasteiger partial charge is 0.478 e. The molecule has 2 amide bonds. The van der Waals surface area contributed by atoms with E-state index in [4.69, 9.17) is 21.3 Å². The van der Waals surface area contributed by atoms with Gasteiger partial charge in [-0.1, -0.05) is 54.1 Å². The topological polar surface area (TPSA) is 130 Å². The molecule has 3 N–H and O–H groups in total. The number of benzene rings is 2. The van der Waals surface area contributed by atoms with E-state index < -0.39 is 0 Å². The number of hydrogen-bond donors (Lipinski definition) is 3. The first-order valence-electron chi connectivity index (χ1n) is 17.7. The van der Waals surface area contributed by atoms with Gasteiger partial charge in [-0.05, 0) is 74.2 Å². The van der Waals surface area contributed by atoms with Gasteiger partial charge in [-0.15, -0.1) is 0 Å². The molecule has 52 heavy (non-hydrogen) atoms. The normalized spacial score (nSPS) is 17.2. The molecule has 268 valence electrons. The first-order chi connectivity index (χ1) is 25.2. The van der Waals surface area contributed by atoms with Gasteiger partial charge in [-0.25, -0.2) is 9.97 Å². The fourth-order valence-electron chi connectivity index (χ4n) is 7.10. The summed E-state index contributed by atoms with van der Waals surface area (Å²) >= 11 is 7.19. The second-order valence-electron chi connectivity index (χ2n) is 13.4. The molecule has 5 heterocycles. The number of hydrogen-bond acceptors (Lipinski definition) is 8. The Hall–Kier alpha value is -5.10. The molecule has 12 heteroatoms. The third-order valence-corrected chi connectivity index (χ3v) is 10.3. The predicted octanol–water partition coefficient (Wildman–Crippen LogP) is 5.49. The molecule has 2 saturated heterocycles. The summed E-state index contributed by atoms with van der Waals surface area (Å²) in [6, 6.07) is 20.0. The summed E-state index contributed by atoms with van der Waals surface area (Å²) in [6.45, 7) is 6.02. The van der Waals surface area contributed by atoms with Gasteiger partial charge in [-0.3, -0.25) is 23.7 Å². The van der Waals surface area contributed by atoms with Crippen molar-refractivity contribution in [3.05, 3.63) is 105 Å². The van der Waals surface area contributed by atoms with Crippen LogP contribution in [0, 0.1) is 6.92 Å². The van der Waals surface area contributed by atoms with Crippen LogP contribution in [0.3, 0.4) is 0 Å². The van der Waals surface area contributed by atoms with E-state index in [1.807, 2.05) is 62.5 Å². The minimum Gasteiger partial charge on any atom is -0.478 e. The summed E-state index contributed by atoms with van der Waals surface area (Å²) in [5.41, 5.74) is 8.25. The fraction of sp³-hybridized carbons (Fsp3) is 0.325. The number of pyridine rings is 2. The molecule has 0 saturated carbocycles. The van der Waals surface area contributed by atoms with Crippen LogP contribution in [0.5, 0.6) is 5.88 Å². The summed E-state index contributed by atoms with van der Waals surface area (Å²) in [4.78, 5) is 48.2. The van der Waals surface area contributed by atoms with E-state index in [1.165, 1.54) is 0 Å². The lowest BCUT2D eigenvalue weighted by Gasteiger charge is -2.25. The van der Waals surface area contributed by atoms with Crippen LogP contribution in [0.25, 0.3) is 39.2 Å². The van der Waals surface area contributed by atoms with Gasteiger partial charge in [0.1, 0.15) is 5.65 Å². The van der Waals surface area contributed by atoms with Crippen LogP contribution < -0.4 is 26.2 Å². The number of nitrogens with one attached hydrogen (secondary N) is 3. The first-order valence-corrected chi connectivity index (χ1v) is 18.1. The second kappa shape index (κ2) is 15.2. The van der Waals surface area contributed by atoms with Crippen LogP contribution in [-0.4, -0.2) is 63.5 Å². The van der Waals surface area contributed by atoms with Crippen molar-refractivity contribution in [3.63, 3.8) is 0 Å². The van der Waals surface area contributed by atoms with Crippen molar-refractivity contribution >= 4 is 29.1 Å². The molecule has 2 aliphatic heterocycles. The number of ether oxygens (including phenoxy) is 1. The summed E-state index contributed by atoms with van der Waals surface area (Å²) in [5, 5.41) is 9.82. The molecule has 11 nitrogen and oxygen atoms in total. The zero-order chi connectivity index (χ0) is 36.4. The molecule has 2 atom stereocenters. The second-order valence-corrected chi connectivity index (χ2v) is 13.8. The number of amides is 2. The van der Waals surface area contributed by atoms with Crippen LogP contribution in [0.15, 0.2) is 77.9 Å². The average Bonchev–Trinajstić information content (AvgIpc) is 3.78. The number of fused-ring (bicyclic) bond motifs is 1. The molecule has 0 bridgehead atoms. The van der Waals surface area contributed by atoms with E-state index in [0.29, 0.717) is 66.9 Å². The molecular formula is C40H42ClN7O4. The Morgan fingerprint density at radius 3 is 2.44 bits per heavy atom. The lowest BCUT2D eigenvalue weighted by molar-refractivity contribution is -0.120. The van der Waals surface area contributed by atoms with Gasteiger partial charge in [0.2, 0.25) is 17.7 Å². The van der Waals surface area contributed by atoms with Crippen molar-refractivity contribution < 1.29 is 14.3 Å². The minimum absolute atomic E-state index is 0.0135. The number of aromatic nitrogens is 3. The van der Waals surface area contributed by atoms with Gasteiger partial charge in [0.05, 0.1) is 23.5 Å². The maximum Gasteiger partial charge on any atom is 0.262 e. The molecule has 0 unspecified atom stereocenters. The van der Waals surface area contributed by atoms with Crippen LogP contribution in [0.4, 0.5) is 0 Å². The van der Waals surface area contributed by atoms with Gasteiger partial charge in [0.15, 0.2) is 0 Å². The Balaban J connectivity index is 1.14. The monoisotopic (exact) mass is 719 g/mol. The van der Waals surface area contributed by atoms with Crippen LogP contribution >= 0.6 is 11.6 Å². The zero-order valence-electron chi connectivity index (χ0n) is 29.5. The zero-order valence-corrected chi connectivity index (χ0v) is 30.3. The van der Waals surface area contributed by atoms with E-state index in [-0.39, 0.29) is 29.6 Å². The average molecular weight is 720 g/mol. The third kappa shape index (κ3) is 7.30. The van der Waals surface area contributed by atoms with E-state index in [1.54, 1.807) is 16.8 Å². The summed E-state index contributed by atoms with van der Waals surface area (Å²) in [5.74, 6) is 0.687. The Morgan fingerprint density at radius 1 is 0.942 bits per heavy atom. The molecular weight excluding hydrogens is 678 g/mol. The Bertz CT molecular complexity index is 2220. The Morgan fingerprint density at radius 2 is 1.69 bits per heavy atom. The highest BCUT2D eigenvalue weighted by atomic mass is 35.5. The molecule has 0 radical (unpaired) electrons. The Labute approximate surface area is 307 Å². The van der Waals surface area contributed by atoms with E-state index >= 15 is 0 Å². The highest BCUT2D eigenvalue weighted by Crippen LogP contribution is 2.40. The molecule has 0 aliphatic carbocycles. The summed E-state index contributed by atoms with van der Waals surface area (Å²) in [6.07, 6.45) is 6.03. The summed E-state index contributed by atoms with van der Waals surface area (Å²) in [7, 11) is 1.99. The number of halogens is 1. The lowest BCUT2D eigenvalue weighted by atomic mass is 9.92. The van der Waals surface area contributed by atoms with Gasteiger partial charge in [0.25, 0.3) is 5.56 Å². The molecule has 2 aromatic carbocycles. The highest BCUT2D eigenvalue weighted by molar-refractivity contribution is 6.36. The van der Waals surface area contributed by atoms with Crippen molar-refractivity contribution in [3.8, 4) is 39.4 Å². The molecule has 7 rings (SSSR count). The van der Waals surface area contributed by atoms with Gasteiger partial charge in [0, 0.05) is 73.2 Å². The highest BCUT2D eigenvalue weighted by Gasteiger charge is 2.26. The molecule has 2 aliphatic rings. The van der Waals surface area contributed by atoms with E-state index in [2.05, 4.69) is 44.9 Å². The van der Waals surface area contributed by atoms with Crippen LogP contribution in [0.1, 0.15) is 49.3 Å². The first kappa shape index (κ1) is 35.3. The van der Waals surface area contributed by atoms with E-state index in [9.17, 15) is 14.4 Å². The Kier molecular flexibility index (Phi) is 10.4. The molecule has 5 aromatic rings. The van der Waals surface area contributed by atoms with Crippen molar-refractivity contribution in [1.82, 2.24) is 35.2 Å². The number of carbonyl (C=O) groups is 2. The smallest absolute Gasteiger partial charge is 0.262 e. The van der Waals surface area contributed by atoms with Gasteiger partial charge < -0.3 is 20.7 Å². The van der Waals surface area contributed by atoms with Gasteiger partial charge in [-0.2, -0.15) is 0 Å². The quantitative estimate of drug-likeness (QED) is 0.155. The fourth-order valence-corrected chi connectivity index (χ4v) is 7.42. The van der Waals surface area contributed by atoms with Crippen molar-refractivity contribution in [2.24, 2.45) is 0 Å². The molecule has 0 spiro atoms.